The summed E-state index contributed by atoms with van der Waals surface area (Å²) < 4.78 is 19.5. The third kappa shape index (κ3) is 7.48. The number of nitrogens with zero attached hydrogens (tertiary/aromatic N) is 3. The van der Waals surface area contributed by atoms with Gasteiger partial charge in [0.15, 0.2) is 11.5 Å². The predicted molar refractivity (Wildman–Crippen MR) is 141 cm³/mol. The van der Waals surface area contributed by atoms with Gasteiger partial charge in [0.25, 0.3) is 0 Å². The zero-order valence-electron chi connectivity index (χ0n) is 21.8. The highest BCUT2D eigenvalue weighted by molar-refractivity contribution is 5.43. The zero-order chi connectivity index (χ0) is 25.4. The molecule has 0 amide bonds. The third-order valence-corrected chi connectivity index (χ3v) is 6.72. The Morgan fingerprint density at radius 1 is 0.972 bits per heavy atom. The summed E-state index contributed by atoms with van der Waals surface area (Å²) in [5.74, 6) is 2.32. The summed E-state index contributed by atoms with van der Waals surface area (Å²) in [6.45, 7) is 8.42. The van der Waals surface area contributed by atoms with Crippen molar-refractivity contribution in [1.29, 1.82) is 0 Å². The maximum Gasteiger partial charge on any atom is 0.161 e. The molecule has 1 aliphatic rings. The van der Waals surface area contributed by atoms with Crippen LogP contribution < -0.4 is 14.2 Å². The van der Waals surface area contributed by atoms with Crippen LogP contribution in [0.25, 0.3) is 0 Å². The lowest BCUT2D eigenvalue weighted by Crippen LogP contribution is -2.37. The molecule has 2 aromatic carbocycles. The molecule has 0 bridgehead atoms. The Kier molecular flexibility index (Phi) is 8.88. The molecule has 1 N–H and O–H groups in total. The van der Waals surface area contributed by atoms with E-state index in [-0.39, 0.29) is 0 Å². The first kappa shape index (κ1) is 26.0. The molecule has 0 unspecified atom stereocenters. The third-order valence-electron chi connectivity index (χ3n) is 6.72. The summed E-state index contributed by atoms with van der Waals surface area (Å²) in [6.07, 6.45) is 7.14. The van der Waals surface area contributed by atoms with Gasteiger partial charge in [-0.3, -0.25) is 9.58 Å². The van der Waals surface area contributed by atoms with Crippen molar-refractivity contribution >= 4 is 0 Å². The molecule has 0 radical (unpaired) electrons. The van der Waals surface area contributed by atoms with Gasteiger partial charge in [0.05, 0.1) is 25.5 Å². The van der Waals surface area contributed by atoms with Crippen molar-refractivity contribution in [2.45, 2.75) is 58.2 Å². The van der Waals surface area contributed by atoms with Crippen LogP contribution in [0.3, 0.4) is 0 Å². The fraction of sp³-hybridized carbons (Fsp3) is 0.483. The van der Waals surface area contributed by atoms with E-state index in [9.17, 15) is 5.11 Å². The number of rotatable bonds is 11. The number of aliphatic hydroxyl groups is 1. The van der Waals surface area contributed by atoms with Gasteiger partial charge in [-0.2, -0.15) is 5.10 Å². The second-order valence-electron chi connectivity index (χ2n) is 9.92. The second kappa shape index (κ2) is 12.3. The van der Waals surface area contributed by atoms with Gasteiger partial charge in [-0.05, 0) is 75.0 Å². The number of aromatic nitrogens is 2. The van der Waals surface area contributed by atoms with Gasteiger partial charge < -0.3 is 19.3 Å². The molecule has 1 aromatic heterocycles. The van der Waals surface area contributed by atoms with Crippen LogP contribution in [0.1, 0.15) is 42.4 Å². The molecule has 194 valence electrons. The molecule has 0 saturated carbocycles. The molecule has 7 nitrogen and oxygen atoms in total. The van der Waals surface area contributed by atoms with Crippen molar-refractivity contribution in [3.05, 3.63) is 71.5 Å². The van der Waals surface area contributed by atoms with Crippen LogP contribution in [-0.2, 0) is 13.1 Å². The largest absolute Gasteiger partial charge is 0.493 e. The van der Waals surface area contributed by atoms with E-state index in [2.05, 4.69) is 29.1 Å². The van der Waals surface area contributed by atoms with E-state index in [0.29, 0.717) is 19.6 Å². The average Bonchev–Trinajstić information content (AvgIpc) is 3.21. The van der Waals surface area contributed by atoms with E-state index in [1.807, 2.05) is 54.3 Å². The van der Waals surface area contributed by atoms with E-state index in [1.54, 1.807) is 7.11 Å². The molecular weight excluding hydrogens is 454 g/mol. The molecule has 1 fully saturated rings. The van der Waals surface area contributed by atoms with Gasteiger partial charge in [0.2, 0.25) is 0 Å². The van der Waals surface area contributed by atoms with Gasteiger partial charge in [-0.25, -0.2) is 0 Å². The van der Waals surface area contributed by atoms with E-state index >= 15 is 0 Å². The number of aryl methyl sites for hydroxylation is 3. The number of hydrogen-bond donors (Lipinski definition) is 1. The Hall–Kier alpha value is -3.03. The predicted octanol–water partition coefficient (Wildman–Crippen LogP) is 4.77. The summed E-state index contributed by atoms with van der Waals surface area (Å²) in [6, 6.07) is 14.1. The van der Waals surface area contributed by atoms with Crippen LogP contribution >= 0.6 is 0 Å². The van der Waals surface area contributed by atoms with Gasteiger partial charge in [0.1, 0.15) is 12.4 Å². The lowest BCUT2D eigenvalue weighted by atomic mass is 9.96. The number of benzene rings is 2. The van der Waals surface area contributed by atoms with Crippen molar-refractivity contribution in [3.63, 3.8) is 0 Å². The van der Waals surface area contributed by atoms with Gasteiger partial charge in [0, 0.05) is 32.3 Å². The van der Waals surface area contributed by atoms with Crippen molar-refractivity contribution in [3.8, 4) is 17.2 Å². The van der Waals surface area contributed by atoms with Crippen molar-refractivity contribution in [2.75, 3.05) is 33.4 Å². The monoisotopic (exact) mass is 493 g/mol. The first-order valence-electron chi connectivity index (χ1n) is 12.9. The summed E-state index contributed by atoms with van der Waals surface area (Å²) in [4.78, 5) is 2.39. The highest BCUT2D eigenvalue weighted by Crippen LogP contribution is 2.30. The molecule has 4 rings (SSSR count). The Balaban J connectivity index is 1.25. The number of ether oxygens (including phenoxy) is 3. The van der Waals surface area contributed by atoms with E-state index in [0.717, 1.165) is 68.3 Å². The van der Waals surface area contributed by atoms with Crippen LogP contribution in [0.15, 0.2) is 54.9 Å². The van der Waals surface area contributed by atoms with Crippen LogP contribution in [0.5, 0.6) is 17.2 Å². The fourth-order valence-corrected chi connectivity index (χ4v) is 4.58. The maximum absolute atomic E-state index is 11.2. The van der Waals surface area contributed by atoms with E-state index < -0.39 is 5.60 Å². The minimum Gasteiger partial charge on any atom is -0.493 e. The Bertz CT molecular complexity index is 1100. The first-order valence-corrected chi connectivity index (χ1v) is 12.9. The number of hydrogen-bond acceptors (Lipinski definition) is 6. The highest BCUT2D eigenvalue weighted by atomic mass is 16.5. The van der Waals surface area contributed by atoms with Crippen LogP contribution in [-0.4, -0.2) is 58.8 Å². The standard InChI is InChI=1S/C29H39N3O4/c1-23-6-9-26(10-7-23)36-22-29(33)12-4-14-31(16-13-29)21-25-8-11-27(28(18-25)34-3)35-17-5-15-32-20-24(2)19-30-32/h6-11,18-20,33H,4-5,12-17,21-22H2,1-3H3/t29-/m0/s1. The Morgan fingerprint density at radius 2 is 1.81 bits per heavy atom. The SMILES string of the molecule is COc1cc(CN2CCC[C@@](O)(COc3ccc(C)cc3)CC2)ccc1OCCCn1cc(C)cn1. The summed E-state index contributed by atoms with van der Waals surface area (Å²) >= 11 is 0. The number of methoxy groups -OCH3 is 1. The molecule has 2 heterocycles. The maximum atomic E-state index is 11.2. The van der Waals surface area contributed by atoms with E-state index in [1.165, 1.54) is 11.1 Å². The smallest absolute Gasteiger partial charge is 0.161 e. The molecule has 36 heavy (non-hydrogen) atoms. The minimum absolute atomic E-state index is 0.323. The molecule has 0 spiro atoms. The molecule has 1 saturated heterocycles. The van der Waals surface area contributed by atoms with Crippen LogP contribution in [0.2, 0.25) is 0 Å². The lowest BCUT2D eigenvalue weighted by molar-refractivity contribution is -0.0168. The fourth-order valence-electron chi connectivity index (χ4n) is 4.58. The summed E-state index contributed by atoms with van der Waals surface area (Å²) in [5.41, 5.74) is 2.73. The summed E-state index contributed by atoms with van der Waals surface area (Å²) in [7, 11) is 1.68. The van der Waals surface area contributed by atoms with Crippen LogP contribution in [0, 0.1) is 13.8 Å². The average molecular weight is 494 g/mol. The molecular formula is C29H39N3O4. The topological polar surface area (TPSA) is 69.0 Å². The molecule has 1 atom stereocenters. The zero-order valence-corrected chi connectivity index (χ0v) is 21.8. The van der Waals surface area contributed by atoms with Crippen LogP contribution in [0.4, 0.5) is 0 Å². The van der Waals surface area contributed by atoms with Crippen molar-refractivity contribution in [1.82, 2.24) is 14.7 Å². The summed E-state index contributed by atoms with van der Waals surface area (Å²) in [5, 5.41) is 15.5. The van der Waals surface area contributed by atoms with E-state index in [4.69, 9.17) is 14.2 Å². The molecule has 7 heteroatoms. The normalized spacial score (nSPS) is 18.6. The second-order valence-corrected chi connectivity index (χ2v) is 9.92. The Labute approximate surface area is 214 Å². The van der Waals surface area contributed by atoms with Crippen molar-refractivity contribution in [2.24, 2.45) is 0 Å². The molecule has 1 aliphatic heterocycles. The van der Waals surface area contributed by atoms with Gasteiger partial charge >= 0.3 is 0 Å². The quantitative estimate of drug-likeness (QED) is 0.388. The Morgan fingerprint density at radius 3 is 2.56 bits per heavy atom. The first-order chi connectivity index (χ1) is 17.4. The van der Waals surface area contributed by atoms with Gasteiger partial charge in [-0.1, -0.05) is 23.8 Å². The minimum atomic E-state index is -0.802. The van der Waals surface area contributed by atoms with Gasteiger partial charge in [-0.15, -0.1) is 0 Å². The highest BCUT2D eigenvalue weighted by Gasteiger charge is 2.31. The van der Waals surface area contributed by atoms with Crippen molar-refractivity contribution < 1.29 is 19.3 Å². The molecule has 0 aliphatic carbocycles. The molecule has 3 aromatic rings. The number of likely N-dealkylation sites (tertiary alicyclic amines) is 1. The lowest BCUT2D eigenvalue weighted by Gasteiger charge is -2.27.